The molecular formula is C15H22N2O. The van der Waals surface area contributed by atoms with Crippen molar-refractivity contribution in [3.63, 3.8) is 0 Å². The molecule has 1 aromatic rings. The molecule has 1 heterocycles. The predicted molar refractivity (Wildman–Crippen MR) is 71.9 cm³/mol. The summed E-state index contributed by atoms with van der Waals surface area (Å²) in [5.41, 5.74) is 1.09. The Kier molecular flexibility index (Phi) is 4.73. The van der Waals surface area contributed by atoms with Gasteiger partial charge in [0.2, 0.25) is 5.91 Å². The van der Waals surface area contributed by atoms with Crippen LogP contribution in [0.1, 0.15) is 44.1 Å². The highest BCUT2D eigenvalue weighted by Gasteiger charge is 2.19. The number of hydrogen-bond donors (Lipinski definition) is 0. The van der Waals surface area contributed by atoms with Crippen molar-refractivity contribution < 1.29 is 4.79 Å². The number of hydrogen-bond acceptors (Lipinski definition) is 2. The highest BCUT2D eigenvalue weighted by Crippen LogP contribution is 2.26. The predicted octanol–water partition coefficient (Wildman–Crippen LogP) is 3.01. The van der Waals surface area contributed by atoms with Gasteiger partial charge in [-0.2, -0.15) is 0 Å². The van der Waals surface area contributed by atoms with Crippen molar-refractivity contribution >= 4 is 5.91 Å². The molecule has 2 rings (SSSR count). The summed E-state index contributed by atoms with van der Waals surface area (Å²) in [7, 11) is 1.89. The molecule has 3 nitrogen and oxygen atoms in total. The molecule has 0 spiro atoms. The smallest absolute Gasteiger partial charge is 0.222 e. The molecule has 98 valence electrons. The molecule has 18 heavy (non-hydrogen) atoms. The second-order valence-corrected chi connectivity index (χ2v) is 5.32. The Bertz CT molecular complexity index is 371. The van der Waals surface area contributed by atoms with Gasteiger partial charge >= 0.3 is 0 Å². The Morgan fingerprint density at radius 2 is 2.17 bits per heavy atom. The van der Waals surface area contributed by atoms with Crippen LogP contribution >= 0.6 is 0 Å². The molecule has 1 saturated carbocycles. The zero-order chi connectivity index (χ0) is 12.8. The fraction of sp³-hybridized carbons (Fsp3) is 0.600. The van der Waals surface area contributed by atoms with Crippen LogP contribution in [0.25, 0.3) is 0 Å². The first-order valence-electron chi connectivity index (χ1n) is 6.88. The van der Waals surface area contributed by atoms with Crippen molar-refractivity contribution in [2.45, 2.75) is 45.1 Å². The highest BCUT2D eigenvalue weighted by atomic mass is 16.2. The van der Waals surface area contributed by atoms with E-state index in [1.54, 1.807) is 6.20 Å². The molecule has 1 aliphatic carbocycles. The molecule has 1 amide bonds. The number of pyridine rings is 1. The summed E-state index contributed by atoms with van der Waals surface area (Å²) in [5, 5.41) is 0. The normalized spacial score (nSPS) is 16.5. The number of carbonyl (C=O) groups excluding carboxylic acids is 1. The lowest BCUT2D eigenvalue weighted by Crippen LogP contribution is -2.28. The van der Waals surface area contributed by atoms with Crippen LogP contribution in [0.2, 0.25) is 0 Å². The van der Waals surface area contributed by atoms with Gasteiger partial charge in [-0.15, -0.1) is 0 Å². The highest BCUT2D eigenvalue weighted by molar-refractivity contribution is 5.76. The van der Waals surface area contributed by atoms with Gasteiger partial charge < -0.3 is 4.90 Å². The summed E-state index contributed by atoms with van der Waals surface area (Å²) in [6, 6.07) is 3.92. The maximum Gasteiger partial charge on any atom is 0.222 e. The monoisotopic (exact) mass is 246 g/mol. The van der Waals surface area contributed by atoms with Gasteiger partial charge in [0.25, 0.3) is 0 Å². The van der Waals surface area contributed by atoms with Crippen LogP contribution in [0.15, 0.2) is 24.5 Å². The minimum absolute atomic E-state index is 0.269. The molecule has 0 aromatic carbocycles. The average molecular weight is 246 g/mol. The lowest BCUT2D eigenvalue weighted by atomic mass is 9.87. The van der Waals surface area contributed by atoms with Gasteiger partial charge in [-0.1, -0.05) is 25.3 Å². The molecule has 0 bridgehead atoms. The molecule has 1 fully saturated rings. The number of aromatic nitrogens is 1. The molecule has 0 atom stereocenters. The van der Waals surface area contributed by atoms with E-state index in [0.29, 0.717) is 12.5 Å². The van der Waals surface area contributed by atoms with Gasteiger partial charge in [-0.05, 0) is 30.4 Å². The quantitative estimate of drug-likeness (QED) is 0.818. The first kappa shape index (κ1) is 13.1. The Balaban J connectivity index is 1.81. The zero-order valence-corrected chi connectivity index (χ0v) is 11.1. The number of carbonyl (C=O) groups is 1. The van der Waals surface area contributed by atoms with E-state index in [4.69, 9.17) is 0 Å². The van der Waals surface area contributed by atoms with Crippen LogP contribution < -0.4 is 0 Å². The van der Waals surface area contributed by atoms with Crippen molar-refractivity contribution in [2.24, 2.45) is 5.92 Å². The van der Waals surface area contributed by atoms with Gasteiger partial charge in [-0.25, -0.2) is 0 Å². The fourth-order valence-electron chi connectivity index (χ4n) is 2.65. The topological polar surface area (TPSA) is 33.2 Å². The third-order valence-electron chi connectivity index (χ3n) is 3.76. The minimum Gasteiger partial charge on any atom is -0.341 e. The van der Waals surface area contributed by atoms with E-state index in [-0.39, 0.29) is 5.91 Å². The summed E-state index contributed by atoms with van der Waals surface area (Å²) in [4.78, 5) is 18.0. The molecular weight excluding hydrogens is 224 g/mol. The lowest BCUT2D eigenvalue weighted by molar-refractivity contribution is -0.131. The summed E-state index contributed by atoms with van der Waals surface area (Å²) < 4.78 is 0. The lowest BCUT2D eigenvalue weighted by Gasteiger charge is -2.24. The second kappa shape index (κ2) is 6.53. The van der Waals surface area contributed by atoms with E-state index in [1.165, 1.54) is 32.1 Å². The van der Waals surface area contributed by atoms with Gasteiger partial charge in [0.1, 0.15) is 0 Å². The van der Waals surface area contributed by atoms with Crippen molar-refractivity contribution in [2.75, 3.05) is 7.05 Å². The van der Waals surface area contributed by atoms with Crippen molar-refractivity contribution in [3.8, 4) is 0 Å². The average Bonchev–Trinajstić information content (AvgIpc) is 2.41. The third-order valence-corrected chi connectivity index (χ3v) is 3.76. The van der Waals surface area contributed by atoms with E-state index < -0.39 is 0 Å². The van der Waals surface area contributed by atoms with Crippen LogP contribution in [-0.2, 0) is 11.3 Å². The van der Waals surface area contributed by atoms with Crippen molar-refractivity contribution in [1.82, 2.24) is 9.88 Å². The van der Waals surface area contributed by atoms with Crippen LogP contribution in [0.5, 0.6) is 0 Å². The maximum atomic E-state index is 12.1. The maximum absolute atomic E-state index is 12.1. The minimum atomic E-state index is 0.269. The van der Waals surface area contributed by atoms with Crippen LogP contribution in [0.4, 0.5) is 0 Å². The molecule has 0 aliphatic heterocycles. The van der Waals surface area contributed by atoms with E-state index in [2.05, 4.69) is 4.98 Å². The molecule has 0 radical (unpaired) electrons. The second-order valence-electron chi connectivity index (χ2n) is 5.32. The summed E-state index contributed by atoms with van der Waals surface area (Å²) in [5.74, 6) is 0.883. The van der Waals surface area contributed by atoms with Gasteiger partial charge in [0.05, 0.1) is 0 Å². The van der Waals surface area contributed by atoms with Crippen LogP contribution in [-0.4, -0.2) is 22.8 Å². The van der Waals surface area contributed by atoms with E-state index >= 15 is 0 Å². The number of rotatable bonds is 4. The molecule has 1 aromatic heterocycles. The first-order chi connectivity index (χ1) is 8.75. The van der Waals surface area contributed by atoms with Crippen LogP contribution in [0, 0.1) is 5.92 Å². The van der Waals surface area contributed by atoms with Gasteiger partial charge in [0.15, 0.2) is 0 Å². The molecule has 0 N–H and O–H groups in total. The molecule has 0 saturated heterocycles. The van der Waals surface area contributed by atoms with Gasteiger partial charge in [0, 0.05) is 32.4 Å². The molecule has 0 unspecified atom stereocenters. The number of amides is 1. The first-order valence-corrected chi connectivity index (χ1v) is 6.88. The van der Waals surface area contributed by atoms with E-state index in [0.717, 1.165) is 12.0 Å². The largest absolute Gasteiger partial charge is 0.341 e. The Morgan fingerprint density at radius 3 is 2.83 bits per heavy atom. The van der Waals surface area contributed by atoms with E-state index in [9.17, 15) is 4.79 Å². The van der Waals surface area contributed by atoms with Crippen molar-refractivity contribution in [1.29, 1.82) is 0 Å². The SMILES string of the molecule is CN(Cc1cccnc1)C(=O)CC1CCCCC1. The fourth-order valence-corrected chi connectivity index (χ4v) is 2.65. The van der Waals surface area contributed by atoms with E-state index in [1.807, 2.05) is 30.3 Å². The molecule has 1 aliphatic rings. The zero-order valence-electron chi connectivity index (χ0n) is 11.1. The summed E-state index contributed by atoms with van der Waals surface area (Å²) in [6.45, 7) is 0.666. The van der Waals surface area contributed by atoms with Crippen molar-refractivity contribution in [3.05, 3.63) is 30.1 Å². The standard InChI is InChI=1S/C15H22N2O/c1-17(12-14-8-5-9-16-11-14)15(18)10-13-6-3-2-4-7-13/h5,8-9,11,13H,2-4,6-7,10,12H2,1H3. The Hall–Kier alpha value is -1.38. The number of nitrogens with zero attached hydrogens (tertiary/aromatic N) is 2. The Labute approximate surface area is 109 Å². The third kappa shape index (κ3) is 3.83. The van der Waals surface area contributed by atoms with Gasteiger partial charge in [-0.3, -0.25) is 9.78 Å². The van der Waals surface area contributed by atoms with Crippen LogP contribution in [0.3, 0.4) is 0 Å². The summed E-state index contributed by atoms with van der Waals surface area (Å²) in [6.07, 6.45) is 10.7. The molecule has 3 heteroatoms. The Morgan fingerprint density at radius 1 is 1.39 bits per heavy atom. The summed E-state index contributed by atoms with van der Waals surface area (Å²) >= 11 is 0.